The summed E-state index contributed by atoms with van der Waals surface area (Å²) in [5.74, 6) is -0.277. The molecule has 1 saturated heterocycles. The van der Waals surface area contributed by atoms with Gasteiger partial charge in [0.25, 0.3) is 0 Å². The zero-order chi connectivity index (χ0) is 18.4. The number of nitrogens with one attached hydrogen (secondary N) is 1. The Kier molecular flexibility index (Phi) is 5.44. The Morgan fingerprint density at radius 1 is 1.31 bits per heavy atom. The highest BCUT2D eigenvalue weighted by Gasteiger charge is 2.38. The van der Waals surface area contributed by atoms with Gasteiger partial charge in [-0.1, -0.05) is 24.3 Å². The summed E-state index contributed by atoms with van der Waals surface area (Å²) in [7, 11) is 0. The van der Waals surface area contributed by atoms with Crippen LogP contribution in [-0.4, -0.2) is 41.1 Å². The number of ether oxygens (including phenoxy) is 1. The van der Waals surface area contributed by atoms with Crippen molar-refractivity contribution in [3.63, 3.8) is 0 Å². The van der Waals surface area contributed by atoms with Crippen LogP contribution in [0.4, 0.5) is 4.79 Å². The normalized spacial score (nSPS) is 16.0. The summed E-state index contributed by atoms with van der Waals surface area (Å²) < 4.78 is 5.04. The molecular weight excluding hydrogens is 332 g/mol. The molecule has 7 nitrogen and oxygen atoms in total. The van der Waals surface area contributed by atoms with Gasteiger partial charge in [-0.3, -0.25) is 14.7 Å². The Labute approximate surface area is 151 Å². The molecule has 7 heteroatoms. The molecule has 2 amide bonds. The van der Waals surface area contributed by atoms with E-state index < -0.39 is 12.1 Å². The molecular formula is C19H18N4O3. The number of amides is 2. The van der Waals surface area contributed by atoms with E-state index in [2.05, 4.69) is 16.4 Å². The number of carbonyl (C=O) groups is 2. The highest BCUT2D eigenvalue weighted by molar-refractivity contribution is 5.87. The van der Waals surface area contributed by atoms with Crippen LogP contribution < -0.4 is 5.32 Å². The van der Waals surface area contributed by atoms with Crippen molar-refractivity contribution >= 4 is 12.0 Å². The van der Waals surface area contributed by atoms with Crippen molar-refractivity contribution < 1.29 is 14.3 Å². The first kappa shape index (κ1) is 17.4. The minimum Gasteiger partial charge on any atom is -0.447 e. The number of cyclic esters (lactones) is 1. The number of hydrogen-bond donors (Lipinski definition) is 1. The lowest BCUT2D eigenvalue weighted by Crippen LogP contribution is -2.45. The maximum atomic E-state index is 12.5. The average Bonchev–Trinajstić information content (AvgIpc) is 3.03. The van der Waals surface area contributed by atoms with Gasteiger partial charge in [0.1, 0.15) is 12.6 Å². The standard InChI is InChI=1S/C19H18N4O3/c20-11-14-5-1-2-6-15(14)12-23-17(13-26-19(23)25)18(24)22-10-8-16-7-3-4-9-21-16/h1-7,9,17H,8,10,12-13H2,(H,22,24)/t17-/m0/s1. The van der Waals surface area contributed by atoms with Crippen molar-refractivity contribution in [3.05, 3.63) is 65.5 Å². The van der Waals surface area contributed by atoms with Crippen LogP contribution in [0.25, 0.3) is 0 Å². The molecule has 1 aliphatic rings. The van der Waals surface area contributed by atoms with Crippen LogP contribution in [0.3, 0.4) is 0 Å². The molecule has 0 unspecified atom stereocenters. The number of benzene rings is 1. The van der Waals surface area contributed by atoms with Crippen molar-refractivity contribution in [3.8, 4) is 6.07 Å². The summed E-state index contributed by atoms with van der Waals surface area (Å²) >= 11 is 0. The van der Waals surface area contributed by atoms with E-state index in [1.54, 1.807) is 30.5 Å². The number of carbonyl (C=O) groups excluding carboxylic acids is 2. The summed E-state index contributed by atoms with van der Waals surface area (Å²) in [6.45, 7) is 0.576. The second-order valence-electron chi connectivity index (χ2n) is 5.85. The molecule has 0 saturated carbocycles. The molecule has 1 aromatic carbocycles. The van der Waals surface area contributed by atoms with E-state index >= 15 is 0 Å². The predicted octanol–water partition coefficient (Wildman–Crippen LogP) is 1.63. The first-order chi connectivity index (χ1) is 12.7. The molecule has 1 aliphatic heterocycles. The molecule has 2 aromatic rings. The third kappa shape index (κ3) is 3.98. The van der Waals surface area contributed by atoms with Gasteiger partial charge in [-0.25, -0.2) is 4.79 Å². The smallest absolute Gasteiger partial charge is 0.410 e. The Morgan fingerprint density at radius 3 is 2.88 bits per heavy atom. The SMILES string of the molecule is N#Cc1ccccc1CN1C(=O)OC[C@H]1C(=O)NCCc1ccccn1. The van der Waals surface area contributed by atoms with Gasteiger partial charge >= 0.3 is 6.09 Å². The zero-order valence-electron chi connectivity index (χ0n) is 14.1. The fourth-order valence-corrected chi connectivity index (χ4v) is 2.77. The molecule has 0 bridgehead atoms. The molecule has 0 aliphatic carbocycles. The van der Waals surface area contributed by atoms with Crippen molar-refractivity contribution in [2.24, 2.45) is 0 Å². The van der Waals surface area contributed by atoms with Crippen LogP contribution in [-0.2, 0) is 22.5 Å². The van der Waals surface area contributed by atoms with E-state index in [4.69, 9.17) is 4.74 Å². The maximum Gasteiger partial charge on any atom is 0.410 e. The number of hydrogen-bond acceptors (Lipinski definition) is 5. The number of aromatic nitrogens is 1. The minimum atomic E-state index is -0.710. The van der Waals surface area contributed by atoms with Crippen LogP contribution in [0.1, 0.15) is 16.8 Å². The summed E-state index contributed by atoms with van der Waals surface area (Å²) in [6.07, 6.45) is 1.75. The summed E-state index contributed by atoms with van der Waals surface area (Å²) in [5, 5.41) is 12.0. The van der Waals surface area contributed by atoms with Crippen LogP contribution in [0.15, 0.2) is 48.7 Å². The second-order valence-corrected chi connectivity index (χ2v) is 5.85. The van der Waals surface area contributed by atoms with Gasteiger partial charge in [-0.15, -0.1) is 0 Å². The van der Waals surface area contributed by atoms with Gasteiger partial charge in [0.15, 0.2) is 0 Å². The molecule has 1 aromatic heterocycles. The highest BCUT2D eigenvalue weighted by atomic mass is 16.6. The monoisotopic (exact) mass is 350 g/mol. The predicted molar refractivity (Wildman–Crippen MR) is 92.8 cm³/mol. The average molecular weight is 350 g/mol. The number of rotatable bonds is 6. The maximum absolute atomic E-state index is 12.5. The third-order valence-electron chi connectivity index (χ3n) is 4.16. The lowest BCUT2D eigenvalue weighted by atomic mass is 10.1. The Bertz CT molecular complexity index is 832. The summed E-state index contributed by atoms with van der Waals surface area (Å²) in [6, 6.07) is 14.0. The van der Waals surface area contributed by atoms with E-state index in [9.17, 15) is 14.9 Å². The van der Waals surface area contributed by atoms with E-state index in [0.29, 0.717) is 24.1 Å². The quantitative estimate of drug-likeness (QED) is 0.854. The van der Waals surface area contributed by atoms with Crippen LogP contribution in [0.2, 0.25) is 0 Å². The van der Waals surface area contributed by atoms with Gasteiger partial charge in [-0.2, -0.15) is 5.26 Å². The van der Waals surface area contributed by atoms with Gasteiger partial charge in [0.05, 0.1) is 18.2 Å². The molecule has 0 spiro atoms. The number of nitriles is 1. The van der Waals surface area contributed by atoms with Crippen LogP contribution in [0, 0.1) is 11.3 Å². The zero-order valence-corrected chi connectivity index (χ0v) is 14.1. The molecule has 1 fully saturated rings. The van der Waals surface area contributed by atoms with Crippen molar-refractivity contribution in [1.29, 1.82) is 5.26 Å². The molecule has 132 valence electrons. The van der Waals surface area contributed by atoms with E-state index in [-0.39, 0.29) is 19.1 Å². The first-order valence-corrected chi connectivity index (χ1v) is 8.28. The minimum absolute atomic E-state index is 0.00295. The molecule has 26 heavy (non-hydrogen) atoms. The molecule has 3 rings (SSSR count). The lowest BCUT2D eigenvalue weighted by molar-refractivity contribution is -0.124. The molecule has 2 heterocycles. The third-order valence-corrected chi connectivity index (χ3v) is 4.16. The summed E-state index contributed by atoms with van der Waals surface area (Å²) in [5.41, 5.74) is 2.04. The Morgan fingerprint density at radius 2 is 2.12 bits per heavy atom. The number of pyridine rings is 1. The fraction of sp³-hybridized carbons (Fsp3) is 0.263. The number of nitrogens with zero attached hydrogens (tertiary/aromatic N) is 3. The van der Waals surface area contributed by atoms with Crippen molar-refractivity contribution in [2.75, 3.05) is 13.2 Å². The Hall–Kier alpha value is -3.40. The van der Waals surface area contributed by atoms with E-state index in [0.717, 1.165) is 5.69 Å². The molecule has 1 atom stereocenters. The van der Waals surface area contributed by atoms with Crippen molar-refractivity contribution in [2.45, 2.75) is 19.0 Å². The Balaban J connectivity index is 1.61. The van der Waals surface area contributed by atoms with E-state index in [1.807, 2.05) is 18.2 Å². The summed E-state index contributed by atoms with van der Waals surface area (Å²) in [4.78, 5) is 30.0. The first-order valence-electron chi connectivity index (χ1n) is 8.28. The lowest BCUT2D eigenvalue weighted by Gasteiger charge is -2.21. The van der Waals surface area contributed by atoms with Crippen LogP contribution in [0.5, 0.6) is 0 Å². The van der Waals surface area contributed by atoms with E-state index in [1.165, 1.54) is 4.90 Å². The van der Waals surface area contributed by atoms with Gasteiger partial charge < -0.3 is 10.1 Å². The topological polar surface area (TPSA) is 95.3 Å². The van der Waals surface area contributed by atoms with Gasteiger partial charge in [0, 0.05) is 24.9 Å². The highest BCUT2D eigenvalue weighted by Crippen LogP contribution is 2.19. The largest absolute Gasteiger partial charge is 0.447 e. The van der Waals surface area contributed by atoms with Crippen LogP contribution >= 0.6 is 0 Å². The second kappa shape index (κ2) is 8.12. The van der Waals surface area contributed by atoms with Crippen molar-refractivity contribution in [1.82, 2.24) is 15.2 Å². The van der Waals surface area contributed by atoms with Gasteiger partial charge in [-0.05, 0) is 23.8 Å². The fourth-order valence-electron chi connectivity index (χ4n) is 2.77. The molecule has 0 radical (unpaired) electrons. The molecule has 1 N–H and O–H groups in total. The van der Waals surface area contributed by atoms with Gasteiger partial charge in [0.2, 0.25) is 5.91 Å².